The number of aryl methyl sites for hydroxylation is 1. The summed E-state index contributed by atoms with van der Waals surface area (Å²) in [5, 5.41) is 9.06. The standard InChI is InChI=1S/C30H32N2O/c1-23(21-28-9-5-6-10-29(28)27-15-13-26(22-31)14-16-27)30(33)32-19-17-25(18-20-32)12-11-24-7-3-2-4-8-24/h2-10,13-16,23,25H,11-12,17-21H2,1H3. The average Bonchev–Trinajstić information content (AvgIpc) is 2.88. The number of amides is 1. The predicted molar refractivity (Wildman–Crippen MR) is 134 cm³/mol. The Bertz CT molecular complexity index is 1090. The lowest BCUT2D eigenvalue weighted by Gasteiger charge is -2.34. The average molecular weight is 437 g/mol. The molecule has 3 aromatic rings. The molecule has 0 saturated carbocycles. The van der Waals surface area contributed by atoms with Gasteiger partial charge in [-0.3, -0.25) is 4.79 Å². The summed E-state index contributed by atoms with van der Waals surface area (Å²) in [5.41, 5.74) is 5.48. The Morgan fingerprint density at radius 2 is 1.64 bits per heavy atom. The number of benzene rings is 3. The molecule has 168 valence electrons. The lowest BCUT2D eigenvalue weighted by atomic mass is 9.89. The van der Waals surface area contributed by atoms with Crippen LogP contribution in [0.4, 0.5) is 0 Å². The number of piperidine rings is 1. The Hall–Kier alpha value is -3.38. The summed E-state index contributed by atoms with van der Waals surface area (Å²) in [6, 6.07) is 28.8. The fourth-order valence-corrected chi connectivity index (χ4v) is 4.89. The number of nitriles is 1. The highest BCUT2D eigenvalue weighted by molar-refractivity contribution is 5.79. The summed E-state index contributed by atoms with van der Waals surface area (Å²) in [5.74, 6) is 0.929. The summed E-state index contributed by atoms with van der Waals surface area (Å²) in [7, 11) is 0. The molecule has 0 spiro atoms. The molecule has 1 saturated heterocycles. The van der Waals surface area contributed by atoms with Crippen LogP contribution in [0.3, 0.4) is 0 Å². The van der Waals surface area contributed by atoms with Gasteiger partial charge >= 0.3 is 0 Å². The third-order valence-corrected chi connectivity index (χ3v) is 6.90. The first kappa shape index (κ1) is 22.8. The van der Waals surface area contributed by atoms with E-state index in [-0.39, 0.29) is 11.8 Å². The lowest BCUT2D eigenvalue weighted by Crippen LogP contribution is -2.41. The van der Waals surface area contributed by atoms with Crippen molar-refractivity contribution in [2.75, 3.05) is 13.1 Å². The van der Waals surface area contributed by atoms with Gasteiger partial charge in [-0.15, -0.1) is 0 Å². The Morgan fingerprint density at radius 1 is 0.970 bits per heavy atom. The van der Waals surface area contributed by atoms with E-state index >= 15 is 0 Å². The molecule has 0 radical (unpaired) electrons. The van der Waals surface area contributed by atoms with Crippen molar-refractivity contribution in [2.45, 2.75) is 39.0 Å². The number of nitrogens with zero attached hydrogens (tertiary/aromatic N) is 2. The molecule has 3 aromatic carbocycles. The zero-order chi connectivity index (χ0) is 23.0. The Morgan fingerprint density at radius 3 is 2.33 bits per heavy atom. The molecule has 0 aliphatic carbocycles. The minimum Gasteiger partial charge on any atom is -0.342 e. The van der Waals surface area contributed by atoms with Crippen LogP contribution in [0.15, 0.2) is 78.9 Å². The van der Waals surface area contributed by atoms with Crippen molar-refractivity contribution < 1.29 is 4.79 Å². The van der Waals surface area contributed by atoms with E-state index in [1.54, 1.807) is 0 Å². The maximum absolute atomic E-state index is 13.2. The van der Waals surface area contributed by atoms with Gasteiger partial charge in [0.2, 0.25) is 5.91 Å². The van der Waals surface area contributed by atoms with E-state index in [0.29, 0.717) is 11.5 Å². The third kappa shape index (κ3) is 5.90. The molecule has 1 aliphatic rings. The van der Waals surface area contributed by atoms with E-state index in [0.717, 1.165) is 49.9 Å². The quantitative estimate of drug-likeness (QED) is 0.438. The molecule has 1 unspecified atom stereocenters. The minimum absolute atomic E-state index is 0.0506. The molecular formula is C30H32N2O. The van der Waals surface area contributed by atoms with Gasteiger partial charge in [0.1, 0.15) is 0 Å². The number of rotatable bonds is 7. The van der Waals surface area contributed by atoms with Gasteiger partial charge in [-0.2, -0.15) is 5.26 Å². The molecule has 1 heterocycles. The summed E-state index contributed by atoms with van der Waals surface area (Å²) in [6.45, 7) is 3.80. The Balaban J connectivity index is 1.32. The van der Waals surface area contributed by atoms with Crippen molar-refractivity contribution in [1.82, 2.24) is 4.90 Å². The maximum Gasteiger partial charge on any atom is 0.225 e. The van der Waals surface area contributed by atoms with Gasteiger partial charge in [-0.05, 0) is 72.4 Å². The molecule has 3 nitrogen and oxygen atoms in total. The van der Waals surface area contributed by atoms with Crippen LogP contribution in [0.5, 0.6) is 0 Å². The number of hydrogen-bond donors (Lipinski definition) is 0. The normalized spacial score (nSPS) is 15.1. The molecule has 33 heavy (non-hydrogen) atoms. The fourth-order valence-electron chi connectivity index (χ4n) is 4.89. The zero-order valence-electron chi connectivity index (χ0n) is 19.4. The van der Waals surface area contributed by atoms with Crippen LogP contribution in [-0.2, 0) is 17.6 Å². The van der Waals surface area contributed by atoms with Crippen molar-refractivity contribution in [1.29, 1.82) is 5.26 Å². The van der Waals surface area contributed by atoms with E-state index in [9.17, 15) is 4.79 Å². The molecule has 0 aromatic heterocycles. The smallest absolute Gasteiger partial charge is 0.225 e. The van der Waals surface area contributed by atoms with Gasteiger partial charge in [-0.25, -0.2) is 0 Å². The zero-order valence-corrected chi connectivity index (χ0v) is 19.4. The molecule has 4 rings (SSSR count). The van der Waals surface area contributed by atoms with Crippen molar-refractivity contribution >= 4 is 5.91 Å². The maximum atomic E-state index is 13.2. The summed E-state index contributed by atoms with van der Waals surface area (Å²) in [4.78, 5) is 15.3. The van der Waals surface area contributed by atoms with Crippen molar-refractivity contribution in [2.24, 2.45) is 11.8 Å². The second-order valence-electron chi connectivity index (χ2n) is 9.24. The van der Waals surface area contributed by atoms with E-state index in [1.165, 1.54) is 17.5 Å². The highest BCUT2D eigenvalue weighted by Crippen LogP contribution is 2.28. The lowest BCUT2D eigenvalue weighted by molar-refractivity contribution is -0.136. The van der Waals surface area contributed by atoms with Gasteiger partial charge in [0.15, 0.2) is 0 Å². The highest BCUT2D eigenvalue weighted by Gasteiger charge is 2.26. The third-order valence-electron chi connectivity index (χ3n) is 6.90. The first-order chi connectivity index (χ1) is 16.1. The van der Waals surface area contributed by atoms with Crippen LogP contribution in [0.1, 0.15) is 42.9 Å². The molecule has 1 amide bonds. The van der Waals surface area contributed by atoms with Crippen molar-refractivity contribution in [3.63, 3.8) is 0 Å². The van der Waals surface area contributed by atoms with Gasteiger partial charge in [0.05, 0.1) is 11.6 Å². The molecule has 3 heteroatoms. The van der Waals surface area contributed by atoms with E-state index in [1.807, 2.05) is 36.4 Å². The van der Waals surface area contributed by atoms with Crippen LogP contribution in [-0.4, -0.2) is 23.9 Å². The molecule has 1 fully saturated rings. The van der Waals surface area contributed by atoms with Gasteiger partial charge in [0.25, 0.3) is 0 Å². The number of carbonyl (C=O) groups excluding carboxylic acids is 1. The van der Waals surface area contributed by atoms with Crippen LogP contribution >= 0.6 is 0 Å². The van der Waals surface area contributed by atoms with Gasteiger partial charge in [-0.1, -0.05) is 73.7 Å². The summed E-state index contributed by atoms with van der Waals surface area (Å²) < 4.78 is 0. The topological polar surface area (TPSA) is 44.1 Å². The Labute approximate surface area is 197 Å². The first-order valence-corrected chi connectivity index (χ1v) is 12.0. The van der Waals surface area contributed by atoms with Gasteiger partial charge < -0.3 is 4.90 Å². The second-order valence-corrected chi connectivity index (χ2v) is 9.24. The number of carbonyl (C=O) groups is 1. The molecule has 0 bridgehead atoms. The van der Waals surface area contributed by atoms with E-state index in [2.05, 4.69) is 60.4 Å². The van der Waals surface area contributed by atoms with Crippen LogP contribution < -0.4 is 0 Å². The fraction of sp³-hybridized carbons (Fsp3) is 0.333. The predicted octanol–water partition coefficient (Wildman–Crippen LogP) is 6.28. The largest absolute Gasteiger partial charge is 0.342 e. The van der Waals surface area contributed by atoms with Gasteiger partial charge in [0, 0.05) is 19.0 Å². The van der Waals surface area contributed by atoms with Crippen molar-refractivity contribution in [3.8, 4) is 17.2 Å². The van der Waals surface area contributed by atoms with Crippen LogP contribution in [0.2, 0.25) is 0 Å². The number of likely N-dealkylation sites (tertiary alicyclic amines) is 1. The molecule has 1 atom stereocenters. The molecule has 1 aliphatic heterocycles. The molecular weight excluding hydrogens is 404 g/mol. The van der Waals surface area contributed by atoms with Crippen molar-refractivity contribution in [3.05, 3.63) is 95.6 Å². The van der Waals surface area contributed by atoms with E-state index < -0.39 is 0 Å². The monoisotopic (exact) mass is 436 g/mol. The van der Waals surface area contributed by atoms with E-state index in [4.69, 9.17) is 5.26 Å². The summed E-state index contributed by atoms with van der Waals surface area (Å²) in [6.07, 6.45) is 5.27. The summed E-state index contributed by atoms with van der Waals surface area (Å²) >= 11 is 0. The first-order valence-electron chi connectivity index (χ1n) is 12.0. The molecule has 0 N–H and O–H groups in total. The second kappa shape index (κ2) is 11.0. The minimum atomic E-state index is -0.0506. The SMILES string of the molecule is CC(Cc1ccccc1-c1ccc(C#N)cc1)C(=O)N1CCC(CCc2ccccc2)CC1. The highest BCUT2D eigenvalue weighted by atomic mass is 16.2. The number of hydrogen-bond acceptors (Lipinski definition) is 2. The van der Waals surface area contributed by atoms with Crippen LogP contribution in [0.25, 0.3) is 11.1 Å². The van der Waals surface area contributed by atoms with Crippen LogP contribution in [0, 0.1) is 23.2 Å². The Kier molecular flexibility index (Phi) is 7.58.